The summed E-state index contributed by atoms with van der Waals surface area (Å²) in [6, 6.07) is 1.06. The van der Waals surface area contributed by atoms with Gasteiger partial charge in [-0.05, 0) is 32.1 Å². The average molecular weight is 269 g/mol. The molecule has 1 aliphatic rings. The summed E-state index contributed by atoms with van der Waals surface area (Å²) in [4.78, 5) is 4.02. The fourth-order valence-electron chi connectivity index (χ4n) is 2.21. The second kappa shape index (κ2) is 6.17. The van der Waals surface area contributed by atoms with Gasteiger partial charge in [0.1, 0.15) is 0 Å². The molecule has 1 aromatic rings. The molecule has 106 valence electrons. The Kier molecular flexibility index (Phi) is 4.56. The maximum atomic E-state index is 13.7. The van der Waals surface area contributed by atoms with E-state index in [4.69, 9.17) is 0 Å². The first kappa shape index (κ1) is 14.0. The maximum Gasteiger partial charge on any atom is 0.168 e. The van der Waals surface area contributed by atoms with E-state index < -0.39 is 11.6 Å². The smallest absolute Gasteiger partial charge is 0.168 e. The zero-order chi connectivity index (χ0) is 13.8. The first-order valence-electron chi connectivity index (χ1n) is 6.98. The minimum Gasteiger partial charge on any atom is -0.368 e. The van der Waals surface area contributed by atoms with E-state index >= 15 is 0 Å². The fraction of sp³-hybridized carbons (Fsp3) is 0.643. The van der Waals surface area contributed by atoms with Crippen molar-refractivity contribution in [3.8, 4) is 0 Å². The second-order valence-corrected chi connectivity index (χ2v) is 5.20. The second-order valence-electron chi connectivity index (χ2n) is 5.20. The molecule has 1 saturated carbocycles. The van der Waals surface area contributed by atoms with Crippen LogP contribution in [0.2, 0.25) is 0 Å². The van der Waals surface area contributed by atoms with Crippen LogP contribution in [0.25, 0.3) is 0 Å². The molecule has 0 amide bonds. The average Bonchev–Trinajstić information content (AvgIpc) is 2.28. The Balaban J connectivity index is 2.09. The molecule has 1 heterocycles. The van der Waals surface area contributed by atoms with Crippen LogP contribution in [0, 0.1) is 17.6 Å². The largest absolute Gasteiger partial charge is 0.368 e. The highest BCUT2D eigenvalue weighted by molar-refractivity contribution is 5.48. The molecule has 2 rings (SSSR count). The minimum atomic E-state index is -0.646. The van der Waals surface area contributed by atoms with Gasteiger partial charge >= 0.3 is 0 Å². The Morgan fingerprint density at radius 2 is 2.00 bits per heavy atom. The molecule has 0 aliphatic heterocycles. The van der Waals surface area contributed by atoms with E-state index in [1.54, 1.807) is 0 Å². The molecule has 1 unspecified atom stereocenters. The molecule has 0 radical (unpaired) electrons. The molecule has 0 aromatic carbocycles. The lowest BCUT2D eigenvalue weighted by Crippen LogP contribution is -2.31. The Morgan fingerprint density at radius 3 is 2.58 bits per heavy atom. The number of pyridine rings is 1. The van der Waals surface area contributed by atoms with Gasteiger partial charge in [0.15, 0.2) is 23.3 Å². The number of nitrogens with one attached hydrogen (secondary N) is 2. The van der Waals surface area contributed by atoms with Gasteiger partial charge in [0.05, 0.1) is 0 Å². The maximum absolute atomic E-state index is 13.7. The zero-order valence-electron chi connectivity index (χ0n) is 11.5. The van der Waals surface area contributed by atoms with E-state index in [0.717, 1.165) is 25.3 Å². The normalized spacial score (nSPS) is 16.8. The van der Waals surface area contributed by atoms with Gasteiger partial charge in [-0.2, -0.15) is 0 Å². The van der Waals surface area contributed by atoms with Crippen molar-refractivity contribution in [3.63, 3.8) is 0 Å². The number of hydrogen-bond donors (Lipinski definition) is 2. The summed E-state index contributed by atoms with van der Waals surface area (Å²) in [5.74, 6) is -0.456. The predicted molar refractivity (Wildman–Crippen MR) is 73.4 cm³/mol. The molecule has 0 bridgehead atoms. The van der Waals surface area contributed by atoms with Crippen molar-refractivity contribution in [3.05, 3.63) is 17.7 Å². The first-order chi connectivity index (χ1) is 9.11. The SMILES string of the molecule is CCCNc1nc(NC(C)C2CCC2)c(F)cc1F. The van der Waals surface area contributed by atoms with Crippen LogP contribution in [0.4, 0.5) is 20.4 Å². The van der Waals surface area contributed by atoms with Gasteiger partial charge in [-0.1, -0.05) is 13.3 Å². The Bertz CT molecular complexity index is 433. The van der Waals surface area contributed by atoms with Gasteiger partial charge in [-0.3, -0.25) is 0 Å². The Labute approximate surface area is 112 Å². The van der Waals surface area contributed by atoms with Gasteiger partial charge in [0, 0.05) is 18.7 Å². The van der Waals surface area contributed by atoms with Crippen molar-refractivity contribution < 1.29 is 8.78 Å². The van der Waals surface area contributed by atoms with Crippen LogP contribution < -0.4 is 10.6 Å². The molecule has 0 saturated heterocycles. The summed E-state index contributed by atoms with van der Waals surface area (Å²) in [7, 11) is 0. The molecule has 19 heavy (non-hydrogen) atoms. The van der Waals surface area contributed by atoms with Crippen LogP contribution in [-0.2, 0) is 0 Å². The number of halogens is 2. The Hall–Kier alpha value is -1.39. The minimum absolute atomic E-state index is 0.117. The van der Waals surface area contributed by atoms with Crippen LogP contribution in [0.5, 0.6) is 0 Å². The number of rotatable bonds is 6. The molecule has 1 fully saturated rings. The van der Waals surface area contributed by atoms with Crippen molar-refractivity contribution in [2.75, 3.05) is 17.2 Å². The quantitative estimate of drug-likeness (QED) is 0.825. The van der Waals surface area contributed by atoms with Crippen molar-refractivity contribution in [1.29, 1.82) is 0 Å². The van der Waals surface area contributed by atoms with E-state index in [2.05, 4.69) is 15.6 Å². The van der Waals surface area contributed by atoms with Crippen LogP contribution in [-0.4, -0.2) is 17.6 Å². The zero-order valence-corrected chi connectivity index (χ0v) is 11.5. The summed E-state index contributed by atoms with van der Waals surface area (Å²) in [5.41, 5.74) is 0. The first-order valence-corrected chi connectivity index (χ1v) is 6.98. The van der Waals surface area contributed by atoms with Gasteiger partial charge in [-0.15, -0.1) is 0 Å². The molecular formula is C14H21F2N3. The molecular weight excluding hydrogens is 248 g/mol. The standard InChI is InChI=1S/C14H21F2N3/c1-3-7-17-13-11(15)8-12(16)14(19-13)18-9(2)10-5-4-6-10/h8-10H,3-7H2,1-2H3,(H2,17,18,19). The van der Waals surface area contributed by atoms with Gasteiger partial charge in [0.2, 0.25) is 0 Å². The highest BCUT2D eigenvalue weighted by Gasteiger charge is 2.25. The third-order valence-electron chi connectivity index (χ3n) is 3.69. The molecule has 1 aliphatic carbocycles. The van der Waals surface area contributed by atoms with E-state index in [1.807, 2.05) is 13.8 Å². The Morgan fingerprint density at radius 1 is 1.32 bits per heavy atom. The lowest BCUT2D eigenvalue weighted by Gasteiger charge is -2.32. The van der Waals surface area contributed by atoms with E-state index in [-0.39, 0.29) is 17.7 Å². The van der Waals surface area contributed by atoms with E-state index in [1.165, 1.54) is 6.42 Å². The summed E-state index contributed by atoms with van der Waals surface area (Å²) < 4.78 is 27.2. The number of aromatic nitrogens is 1. The number of nitrogens with zero attached hydrogens (tertiary/aromatic N) is 1. The molecule has 5 heteroatoms. The third kappa shape index (κ3) is 3.33. The highest BCUT2D eigenvalue weighted by atomic mass is 19.1. The lowest BCUT2D eigenvalue weighted by molar-refractivity contribution is 0.284. The fourth-order valence-corrected chi connectivity index (χ4v) is 2.21. The van der Waals surface area contributed by atoms with E-state index in [9.17, 15) is 8.78 Å². The van der Waals surface area contributed by atoms with Crippen LogP contribution >= 0.6 is 0 Å². The predicted octanol–water partition coefficient (Wildman–Crippen LogP) is 3.78. The summed E-state index contributed by atoms with van der Waals surface area (Å²) >= 11 is 0. The molecule has 3 nitrogen and oxygen atoms in total. The monoisotopic (exact) mass is 269 g/mol. The topological polar surface area (TPSA) is 37.0 Å². The van der Waals surface area contributed by atoms with Gasteiger partial charge in [0.25, 0.3) is 0 Å². The van der Waals surface area contributed by atoms with Crippen molar-refractivity contribution in [2.45, 2.75) is 45.6 Å². The summed E-state index contributed by atoms with van der Waals surface area (Å²) in [5, 5.41) is 5.93. The number of anilines is 2. The molecule has 0 spiro atoms. The van der Waals surface area contributed by atoms with Crippen LogP contribution in [0.15, 0.2) is 6.07 Å². The van der Waals surface area contributed by atoms with Crippen molar-refractivity contribution in [2.24, 2.45) is 5.92 Å². The van der Waals surface area contributed by atoms with Crippen molar-refractivity contribution >= 4 is 11.6 Å². The molecule has 1 atom stereocenters. The van der Waals surface area contributed by atoms with Crippen molar-refractivity contribution in [1.82, 2.24) is 4.98 Å². The highest BCUT2D eigenvalue weighted by Crippen LogP contribution is 2.31. The number of hydrogen-bond acceptors (Lipinski definition) is 3. The van der Waals surface area contributed by atoms with Crippen LogP contribution in [0.1, 0.15) is 39.5 Å². The van der Waals surface area contributed by atoms with Gasteiger partial charge in [-0.25, -0.2) is 13.8 Å². The summed E-state index contributed by atoms with van der Waals surface area (Å²) in [6.45, 7) is 4.62. The molecule has 1 aromatic heterocycles. The third-order valence-corrected chi connectivity index (χ3v) is 3.69. The summed E-state index contributed by atoms with van der Waals surface area (Å²) in [6.07, 6.45) is 4.43. The van der Waals surface area contributed by atoms with E-state index in [0.29, 0.717) is 12.5 Å². The van der Waals surface area contributed by atoms with Crippen LogP contribution in [0.3, 0.4) is 0 Å². The molecule has 2 N–H and O–H groups in total. The lowest BCUT2D eigenvalue weighted by atomic mass is 9.80. The van der Waals surface area contributed by atoms with Gasteiger partial charge < -0.3 is 10.6 Å².